The van der Waals surface area contributed by atoms with Crippen molar-refractivity contribution >= 4 is 5.82 Å². The summed E-state index contributed by atoms with van der Waals surface area (Å²) in [5.41, 5.74) is 0. The molecule has 0 atom stereocenters. The quantitative estimate of drug-likeness (QED) is 0.830. The van der Waals surface area contributed by atoms with Gasteiger partial charge < -0.3 is 10.1 Å². The monoisotopic (exact) mass is 260 g/mol. The molecule has 2 rings (SSSR count). The maximum Gasteiger partial charge on any atom is 0.165 e. The van der Waals surface area contributed by atoms with Gasteiger partial charge in [-0.1, -0.05) is 13.8 Å². The second-order valence-electron chi connectivity index (χ2n) is 4.34. The maximum absolute atomic E-state index is 5.76. The zero-order valence-electron chi connectivity index (χ0n) is 11.5. The van der Waals surface area contributed by atoms with Crippen LogP contribution in [-0.4, -0.2) is 21.3 Å². The van der Waals surface area contributed by atoms with E-state index >= 15 is 0 Å². The lowest BCUT2D eigenvalue weighted by Crippen LogP contribution is -2.01. The van der Waals surface area contributed by atoms with Crippen LogP contribution in [0, 0.1) is 0 Å². The third-order valence-electron chi connectivity index (χ3n) is 2.59. The fourth-order valence-electron chi connectivity index (χ4n) is 1.71. The van der Waals surface area contributed by atoms with E-state index in [-0.39, 0.29) is 0 Å². The minimum absolute atomic E-state index is 0.751. The van der Waals surface area contributed by atoms with Crippen molar-refractivity contribution in [1.82, 2.24) is 14.8 Å². The van der Waals surface area contributed by atoms with Crippen LogP contribution in [-0.2, 0) is 6.54 Å². The summed E-state index contributed by atoms with van der Waals surface area (Å²) in [5, 5.41) is 7.47. The minimum atomic E-state index is 0.751. The normalized spacial score (nSPS) is 10.4. The van der Waals surface area contributed by atoms with E-state index in [2.05, 4.69) is 29.2 Å². The Morgan fingerprint density at radius 1 is 1.26 bits per heavy atom. The van der Waals surface area contributed by atoms with Crippen LogP contribution in [0.2, 0.25) is 0 Å². The molecule has 0 unspecified atom stereocenters. The predicted octanol–water partition coefficient (Wildman–Crippen LogP) is 3.30. The van der Waals surface area contributed by atoms with Gasteiger partial charge in [-0.15, -0.1) is 0 Å². The summed E-state index contributed by atoms with van der Waals surface area (Å²) in [5.74, 6) is 2.35. The van der Waals surface area contributed by atoms with Gasteiger partial charge in [0.05, 0.1) is 12.4 Å². The lowest BCUT2D eigenvalue weighted by atomic mass is 10.4. The second kappa shape index (κ2) is 6.78. The van der Waals surface area contributed by atoms with Gasteiger partial charge in [-0.3, -0.25) is 4.68 Å². The molecule has 0 amide bonds. The van der Waals surface area contributed by atoms with Crippen molar-refractivity contribution in [2.75, 3.05) is 11.9 Å². The van der Waals surface area contributed by atoms with Gasteiger partial charge in [0.1, 0.15) is 11.6 Å². The summed E-state index contributed by atoms with van der Waals surface area (Å²) < 4.78 is 7.64. The van der Waals surface area contributed by atoms with Crippen molar-refractivity contribution in [3.8, 4) is 11.5 Å². The van der Waals surface area contributed by atoms with Crippen LogP contribution in [0.25, 0.3) is 0 Å². The number of aromatic nitrogens is 3. The Bertz CT molecular complexity index is 510. The number of ether oxygens (including phenoxy) is 1. The van der Waals surface area contributed by atoms with Crippen LogP contribution in [0.15, 0.2) is 30.7 Å². The van der Waals surface area contributed by atoms with E-state index in [1.807, 2.05) is 23.0 Å². The number of rotatable bonds is 7. The maximum atomic E-state index is 5.76. The number of nitrogens with zero attached hydrogens (tertiary/aromatic N) is 3. The first-order valence-electron chi connectivity index (χ1n) is 6.72. The number of hydrogen-bond acceptors (Lipinski definition) is 4. The fraction of sp³-hybridized carbons (Fsp3) is 0.429. The van der Waals surface area contributed by atoms with E-state index in [9.17, 15) is 0 Å². The van der Waals surface area contributed by atoms with Crippen LogP contribution < -0.4 is 10.1 Å². The van der Waals surface area contributed by atoms with Gasteiger partial charge in [0.25, 0.3) is 0 Å². The van der Waals surface area contributed by atoms with Crippen LogP contribution in [0.5, 0.6) is 11.5 Å². The first kappa shape index (κ1) is 13.4. The molecule has 2 heterocycles. The second-order valence-corrected chi connectivity index (χ2v) is 4.34. The molecule has 0 radical (unpaired) electrons. The molecule has 0 bridgehead atoms. The van der Waals surface area contributed by atoms with Crippen molar-refractivity contribution in [2.45, 2.75) is 33.2 Å². The Kier molecular flexibility index (Phi) is 4.78. The van der Waals surface area contributed by atoms with Gasteiger partial charge in [-0.05, 0) is 18.9 Å². The topological polar surface area (TPSA) is 52.0 Å². The van der Waals surface area contributed by atoms with Gasteiger partial charge in [-0.25, -0.2) is 4.98 Å². The molecular weight excluding hydrogens is 240 g/mol. The number of hydrogen-bond donors (Lipinski definition) is 1. The summed E-state index contributed by atoms with van der Waals surface area (Å²) in [6.07, 6.45) is 7.50. The third kappa shape index (κ3) is 3.98. The highest BCUT2D eigenvalue weighted by Gasteiger charge is 2.02. The molecule has 2 aromatic rings. The summed E-state index contributed by atoms with van der Waals surface area (Å²) in [6.45, 7) is 6.06. The predicted molar refractivity (Wildman–Crippen MR) is 75.6 cm³/mol. The molecule has 5 nitrogen and oxygen atoms in total. The van der Waals surface area contributed by atoms with Crippen molar-refractivity contribution in [3.05, 3.63) is 30.7 Å². The minimum Gasteiger partial charge on any atom is -0.454 e. The Morgan fingerprint density at radius 3 is 2.95 bits per heavy atom. The molecule has 0 saturated carbocycles. The Morgan fingerprint density at radius 2 is 2.16 bits per heavy atom. The number of aryl methyl sites for hydroxylation is 1. The lowest BCUT2D eigenvalue weighted by Gasteiger charge is -2.06. The SMILES string of the molecule is CCCNc1cc(Oc2cnn(CCC)c2)ccn1. The number of pyridine rings is 1. The molecule has 0 spiro atoms. The van der Waals surface area contributed by atoms with E-state index in [0.717, 1.165) is 43.2 Å². The summed E-state index contributed by atoms with van der Waals surface area (Å²) in [7, 11) is 0. The van der Waals surface area contributed by atoms with Crippen LogP contribution >= 0.6 is 0 Å². The summed E-state index contributed by atoms with van der Waals surface area (Å²) in [4.78, 5) is 4.24. The first-order valence-corrected chi connectivity index (χ1v) is 6.72. The molecular formula is C14H20N4O. The standard InChI is InChI=1S/C14H20N4O/c1-3-6-15-14-9-12(5-7-16-14)19-13-10-17-18(11-13)8-4-2/h5,7,9-11H,3-4,6,8H2,1-2H3,(H,15,16). The molecule has 102 valence electrons. The summed E-state index contributed by atoms with van der Waals surface area (Å²) in [6, 6.07) is 3.74. The largest absolute Gasteiger partial charge is 0.454 e. The Balaban J connectivity index is 2.01. The summed E-state index contributed by atoms with van der Waals surface area (Å²) >= 11 is 0. The van der Waals surface area contributed by atoms with E-state index in [1.165, 1.54) is 0 Å². The van der Waals surface area contributed by atoms with Gasteiger partial charge in [0, 0.05) is 25.4 Å². The van der Waals surface area contributed by atoms with E-state index < -0.39 is 0 Å². The average Bonchev–Trinajstić information content (AvgIpc) is 2.85. The average molecular weight is 260 g/mol. The zero-order chi connectivity index (χ0) is 13.5. The van der Waals surface area contributed by atoms with Crippen LogP contribution in [0.1, 0.15) is 26.7 Å². The fourth-order valence-corrected chi connectivity index (χ4v) is 1.71. The molecule has 0 aliphatic heterocycles. The van der Waals surface area contributed by atoms with Gasteiger partial charge >= 0.3 is 0 Å². The molecule has 0 fully saturated rings. The van der Waals surface area contributed by atoms with Crippen LogP contribution in [0.3, 0.4) is 0 Å². The molecule has 0 saturated heterocycles. The highest BCUT2D eigenvalue weighted by molar-refractivity contribution is 5.41. The highest BCUT2D eigenvalue weighted by atomic mass is 16.5. The first-order chi connectivity index (χ1) is 9.31. The van der Waals surface area contributed by atoms with Gasteiger partial charge in [0.15, 0.2) is 5.75 Å². The number of nitrogens with one attached hydrogen (secondary N) is 1. The third-order valence-corrected chi connectivity index (χ3v) is 2.59. The van der Waals surface area contributed by atoms with Gasteiger partial charge in [0.2, 0.25) is 0 Å². The van der Waals surface area contributed by atoms with E-state index in [0.29, 0.717) is 0 Å². The lowest BCUT2D eigenvalue weighted by molar-refractivity contribution is 0.480. The zero-order valence-corrected chi connectivity index (χ0v) is 11.5. The van der Waals surface area contributed by atoms with Crippen molar-refractivity contribution < 1.29 is 4.74 Å². The molecule has 0 aromatic carbocycles. The van der Waals surface area contributed by atoms with Crippen molar-refractivity contribution in [2.24, 2.45) is 0 Å². The molecule has 2 aromatic heterocycles. The number of anilines is 1. The van der Waals surface area contributed by atoms with Crippen molar-refractivity contribution in [1.29, 1.82) is 0 Å². The Hall–Kier alpha value is -2.04. The van der Waals surface area contributed by atoms with E-state index in [4.69, 9.17) is 4.74 Å². The highest BCUT2D eigenvalue weighted by Crippen LogP contribution is 2.22. The van der Waals surface area contributed by atoms with Crippen molar-refractivity contribution in [3.63, 3.8) is 0 Å². The van der Waals surface area contributed by atoms with Gasteiger partial charge in [-0.2, -0.15) is 5.10 Å². The molecule has 0 aliphatic rings. The molecule has 1 N–H and O–H groups in total. The molecule has 0 aliphatic carbocycles. The molecule has 19 heavy (non-hydrogen) atoms. The smallest absolute Gasteiger partial charge is 0.165 e. The Labute approximate surface area is 113 Å². The molecule has 5 heteroatoms. The van der Waals surface area contributed by atoms with E-state index in [1.54, 1.807) is 12.4 Å². The van der Waals surface area contributed by atoms with Crippen LogP contribution in [0.4, 0.5) is 5.82 Å².